The number of carbonyl (C=O) groups is 5. The number of nitrogens with one attached hydrogen (secondary N) is 3. The minimum atomic E-state index is -4.53. The van der Waals surface area contributed by atoms with Gasteiger partial charge in [0.1, 0.15) is 42.1 Å². The van der Waals surface area contributed by atoms with Crippen molar-refractivity contribution in [3.8, 4) is 33.9 Å². The average Bonchev–Trinajstić information content (AvgIpc) is 1.30. The Morgan fingerprint density at radius 1 is 0.636 bits per heavy atom. The maximum absolute atomic E-state index is 16.2. The molecule has 0 saturated carbocycles. The van der Waals surface area contributed by atoms with Crippen LogP contribution in [0, 0.1) is 17.6 Å². The van der Waals surface area contributed by atoms with Crippen LogP contribution in [0.1, 0.15) is 157 Å². The van der Waals surface area contributed by atoms with Crippen LogP contribution in [0.5, 0.6) is 5.75 Å². The van der Waals surface area contributed by atoms with Gasteiger partial charge in [-0.25, -0.2) is 26.7 Å². The van der Waals surface area contributed by atoms with Crippen LogP contribution < -0.4 is 40.4 Å². The zero-order valence-electron chi connectivity index (χ0n) is 79.6. The van der Waals surface area contributed by atoms with E-state index < -0.39 is 121 Å². The molecular weight excluding hydrogens is 1940 g/mol. The zero-order chi connectivity index (χ0) is 102. The number of carbonyl (C=O) groups excluding carboxylic acids is 5. The summed E-state index contributed by atoms with van der Waals surface area (Å²) in [7, 11) is -20.4. The van der Waals surface area contributed by atoms with E-state index in [1.165, 1.54) is 75.7 Å². The maximum atomic E-state index is 16.2. The van der Waals surface area contributed by atoms with Gasteiger partial charge < -0.3 is 39.6 Å². The van der Waals surface area contributed by atoms with Crippen LogP contribution in [0.3, 0.4) is 0 Å². The van der Waals surface area contributed by atoms with Crippen molar-refractivity contribution in [1.82, 2.24) is 39.8 Å². The Morgan fingerprint density at radius 3 is 2.01 bits per heavy atom. The number of sulfonamides is 1. The predicted octanol–water partition coefficient (Wildman–Crippen LogP) is 15.1. The highest BCUT2D eigenvalue weighted by Gasteiger charge is 2.45. The fraction of sp³-hybridized carbons (Fsp3) is 0.330. The summed E-state index contributed by atoms with van der Waals surface area (Å²) in [5, 5.41) is 18.0. The molecule has 750 valence electrons. The Bertz CT molecular complexity index is 7750. The molecular formula is C103H109F2N11O22S5+2. The number of anilines is 3. The fourth-order valence-corrected chi connectivity index (χ4v) is 23.1. The lowest BCUT2D eigenvalue weighted by atomic mass is 9.81. The van der Waals surface area contributed by atoms with Gasteiger partial charge in [-0.1, -0.05) is 68.0 Å². The molecule has 16 rings (SSSR count). The molecule has 3 amide bonds. The topological polar surface area (TPSA) is 451 Å². The Morgan fingerprint density at radius 2 is 1.31 bits per heavy atom. The van der Waals surface area contributed by atoms with Crippen molar-refractivity contribution in [2.24, 2.45) is 5.92 Å². The highest BCUT2D eigenvalue weighted by Crippen LogP contribution is 2.51. The van der Waals surface area contributed by atoms with Crippen molar-refractivity contribution in [3.05, 3.63) is 268 Å². The fourth-order valence-electron chi connectivity index (χ4n) is 19.4. The van der Waals surface area contributed by atoms with Crippen LogP contribution in [-0.2, 0) is 106 Å². The van der Waals surface area contributed by atoms with Crippen molar-refractivity contribution >= 4 is 125 Å². The van der Waals surface area contributed by atoms with Gasteiger partial charge in [-0.05, 0) is 230 Å². The number of rotatable bonds is 35. The van der Waals surface area contributed by atoms with E-state index in [-0.39, 0.29) is 118 Å². The molecule has 0 bridgehead atoms. The standard InChI is InChI=1S/C103H107F2N11O22S5/c1-101(2,3)138-100(121)106-46-17-16-23-84(108-99(120)68-20-19-21-72(54-68)116-62-69(109-110-116)61-107-96(119)27-13-10-18-47-115-88-40-34-76(143(133,134)135)60-81(88)103(6,7)95(115)26-12-9-11-25-94-102(4,5)80-59-75(142(130,131)132)33-39-87(80)111(94)8)90(118)63-136-98-82(104)52-64(53-83(98)105)28-41-89(117)65-42-48-112(49-43-65)139(122,123)93-24-15-14-22-79(93)97-77-35-29-70(113-50-44-66-55-73(140(124,125)126)31-37-85(66)113)57-91(77)137-92-58-71(30-36-78(92)97)114-51-45-67-56-74(141(127,128)129)32-38-86(67)114/h9,11-12,14-15,19-22,24-26,29-40,52-60,62,65,84H,10,13,16-18,23,27-28,41-51,61,63H2,1-8H3,(H5-2,106,107,108,119,120,121,124,125,126,127,128,129,130,131,132,133,134,135)/p+2/t84-/m0/s1. The molecule has 0 spiro atoms. The van der Waals surface area contributed by atoms with Crippen molar-refractivity contribution in [3.63, 3.8) is 0 Å². The number of aromatic nitrogens is 3. The number of hydrogen-bond acceptors (Lipinski definition) is 22. The molecule has 7 aliphatic rings. The molecule has 9 aromatic rings. The minimum absolute atomic E-state index is 0.00499. The van der Waals surface area contributed by atoms with Crippen LogP contribution in [0.2, 0.25) is 0 Å². The number of ketones is 2. The zero-order valence-corrected chi connectivity index (χ0v) is 83.7. The highest BCUT2D eigenvalue weighted by molar-refractivity contribution is 7.89. The van der Waals surface area contributed by atoms with Crippen LogP contribution in [0.25, 0.3) is 39.1 Å². The van der Waals surface area contributed by atoms with Crippen molar-refractivity contribution in [1.29, 1.82) is 0 Å². The normalized spacial score (nSPS) is 16.5. The molecule has 0 unspecified atom stereocenters. The number of hydrogen-bond donors (Lipinski definition) is 7. The summed E-state index contributed by atoms with van der Waals surface area (Å²) < 4.78 is 224. The molecule has 1 atom stereocenters. The summed E-state index contributed by atoms with van der Waals surface area (Å²) in [6.07, 6.45) is 13.8. The summed E-state index contributed by atoms with van der Waals surface area (Å²) in [5.41, 5.74) is 8.75. The van der Waals surface area contributed by atoms with Crippen LogP contribution in [-0.4, -0.2) is 184 Å². The number of unbranched alkanes of at least 4 members (excludes halogenated alkanes) is 3. The number of ether oxygens (including phenoxy) is 2. The Hall–Kier alpha value is -13.2. The molecule has 7 heterocycles. The van der Waals surface area contributed by atoms with E-state index in [1.54, 1.807) is 81.6 Å². The lowest BCUT2D eigenvalue weighted by Crippen LogP contribution is -2.43. The van der Waals surface area contributed by atoms with Crippen LogP contribution in [0.4, 0.5) is 42.0 Å². The molecule has 33 nitrogen and oxygen atoms in total. The van der Waals surface area contributed by atoms with E-state index in [9.17, 15) is 75.9 Å². The number of Topliss-reactive ketones (excluding diaryl/α,β-unsaturated/α-hetero) is 2. The molecule has 7 N–H and O–H groups in total. The quantitative estimate of drug-likeness (QED) is 0.00637. The van der Waals surface area contributed by atoms with Gasteiger partial charge in [0.05, 0.1) is 60.4 Å². The third-order valence-electron chi connectivity index (χ3n) is 26.7. The Balaban J connectivity index is 0.530. The number of alkyl carbamates (subject to hydrolysis) is 1. The third kappa shape index (κ3) is 22.6. The second-order valence-corrected chi connectivity index (χ2v) is 45.7. The molecule has 1 fully saturated rings. The van der Waals surface area contributed by atoms with E-state index >= 15 is 17.2 Å². The van der Waals surface area contributed by atoms with Crippen molar-refractivity contribution < 1.29 is 112 Å². The predicted molar refractivity (Wildman–Crippen MR) is 531 cm³/mol. The summed E-state index contributed by atoms with van der Waals surface area (Å²) >= 11 is 0. The Kier molecular flexibility index (Phi) is 29.4. The highest BCUT2D eigenvalue weighted by atomic mass is 32.2. The summed E-state index contributed by atoms with van der Waals surface area (Å²) in [6, 6.07) is 42.2. The monoisotopic (exact) mass is 2050 g/mol. The van der Waals surface area contributed by atoms with Gasteiger partial charge in [-0.3, -0.25) is 37.4 Å². The van der Waals surface area contributed by atoms with Crippen molar-refractivity contribution in [2.75, 3.05) is 62.7 Å². The smallest absolute Gasteiger partial charge is 0.407 e. The first-order valence-corrected chi connectivity index (χ1v) is 53.9. The van der Waals surface area contributed by atoms with E-state index in [0.717, 1.165) is 40.5 Å². The largest absolute Gasteiger partial charge is 0.480 e. The van der Waals surface area contributed by atoms with Gasteiger partial charge in [0.15, 0.2) is 35.4 Å². The average molecular weight is 2050 g/mol. The third-order valence-corrected chi connectivity index (χ3v) is 32.1. The lowest BCUT2D eigenvalue weighted by Gasteiger charge is -2.31. The number of halogens is 2. The summed E-state index contributed by atoms with van der Waals surface area (Å²) in [6.45, 7) is 13.5. The van der Waals surface area contributed by atoms with Gasteiger partial charge in [-0.15, -0.1) is 5.10 Å². The van der Waals surface area contributed by atoms with Crippen molar-refractivity contribution in [2.45, 2.75) is 185 Å². The number of piperidine rings is 1. The number of fused-ring (bicyclic) bond motifs is 6. The van der Waals surface area contributed by atoms with Crippen LogP contribution in [0.15, 0.2) is 241 Å². The first-order valence-electron chi connectivity index (χ1n) is 46.7. The lowest BCUT2D eigenvalue weighted by molar-refractivity contribution is -0.401. The molecule has 143 heavy (non-hydrogen) atoms. The van der Waals surface area contributed by atoms with E-state index in [2.05, 4.69) is 31.2 Å². The molecule has 1 aromatic heterocycles. The van der Waals surface area contributed by atoms with E-state index in [0.29, 0.717) is 142 Å². The molecule has 8 aromatic carbocycles. The summed E-state index contributed by atoms with van der Waals surface area (Å²) in [5.74, 6) is -5.47. The second-order valence-electron chi connectivity index (χ2n) is 38.1. The van der Waals surface area contributed by atoms with Crippen LogP contribution >= 0.6 is 0 Å². The molecule has 0 radical (unpaired) electrons. The van der Waals surface area contributed by atoms with Gasteiger partial charge in [0, 0.05) is 155 Å². The second kappa shape index (κ2) is 40.9. The molecule has 40 heteroatoms. The number of nitrogens with zero attached hydrogens (tertiary/aromatic N) is 8. The number of amides is 3. The number of allylic oxidation sites excluding steroid dienone is 6. The van der Waals surface area contributed by atoms with Gasteiger partial charge >= 0.3 is 6.09 Å². The van der Waals surface area contributed by atoms with Gasteiger partial charge in [0.2, 0.25) is 32.7 Å². The van der Waals surface area contributed by atoms with Gasteiger partial charge in [-0.2, -0.15) is 47.1 Å². The summed E-state index contributed by atoms with van der Waals surface area (Å²) in [4.78, 5) is 71.5. The van der Waals surface area contributed by atoms with E-state index in [4.69, 9.17) is 13.9 Å². The number of aryl methyl sites for hydroxylation is 1. The Labute approximate surface area is 827 Å². The maximum Gasteiger partial charge on any atom is 0.407 e. The number of benzene rings is 9. The van der Waals surface area contributed by atoms with Gasteiger partial charge in [0.25, 0.3) is 46.4 Å². The SMILES string of the molecule is C[N+]1=C(/C=C/C=C/C=C2\N(CCCCCC(=O)NCc3cn(-c4cccc(C(=O)N[C@@H](CCCCNC(=O)OC(C)(C)C)C(=O)COc5c(F)cc(CCC(=O)C6CCN(S(=O)(=O)c7ccccc7-c7c8ccc(=[N+]9CCc%10cc(S(=O)(=O)O)ccc%109)cc-8oc8cc(N9CCc%10cc(S(=O)(=O)O)ccc%109)ccc78)CC6)cc5F)c4)nn3)c3ccc(S(=O)(=O)O)cc3C2(C)C)C(C)(C)c2cc(S(=O)(=O)O)ccc21. The van der Waals surface area contributed by atoms with E-state index in [1.807, 2.05) is 116 Å². The molecule has 6 aliphatic heterocycles. The molecule has 1 aliphatic carbocycles. The first kappa shape index (κ1) is 103. The molecule has 1 saturated heterocycles. The first-order chi connectivity index (χ1) is 67.6. The minimum Gasteiger partial charge on any atom is -0.480 e.